The molecular weight excluding hydrogens is 875 g/mol. The third-order valence-corrected chi connectivity index (χ3v) is 15.0. The van der Waals surface area contributed by atoms with Crippen molar-refractivity contribution in [2.45, 2.75) is 366 Å². The molecule has 0 radical (unpaired) electrons. The topological polar surface area (TPSA) is 95.9 Å². The standard InChI is InChI=1S/C65H125NO5/c1-3-5-7-9-11-13-37-41-45-49-53-57-63(68)62(61-67)66-64(69)58-54-50-46-42-39-35-33-31-29-27-25-23-21-19-17-15-16-18-20-22-24-26-28-30-32-34-36-40-44-48-52-56-60-71-65(70)59-55-51-47-43-38-14-12-10-8-6-4-2/h10,12,53,57,62-63,67-68H,3-9,11,13-52,54-56,58-61H2,1-2H3,(H,66,69)/b12-10-,57-53+. The van der Waals surface area contributed by atoms with Crippen LogP contribution in [-0.2, 0) is 14.3 Å². The number of unbranched alkanes of at least 4 members (excludes halogenated alkanes) is 47. The molecule has 71 heavy (non-hydrogen) atoms. The number of hydrogen-bond donors (Lipinski definition) is 3. The van der Waals surface area contributed by atoms with Gasteiger partial charge in [-0.2, -0.15) is 0 Å². The van der Waals surface area contributed by atoms with E-state index >= 15 is 0 Å². The zero-order chi connectivity index (χ0) is 51.4. The average molecular weight is 1000 g/mol. The lowest BCUT2D eigenvalue weighted by Crippen LogP contribution is -2.45. The van der Waals surface area contributed by atoms with Crippen molar-refractivity contribution >= 4 is 11.9 Å². The Labute approximate surface area is 443 Å². The number of nitrogens with one attached hydrogen (secondary N) is 1. The van der Waals surface area contributed by atoms with Crippen molar-refractivity contribution in [3.05, 3.63) is 24.3 Å². The Morgan fingerprint density at radius 2 is 0.676 bits per heavy atom. The largest absolute Gasteiger partial charge is 0.466 e. The molecule has 0 saturated carbocycles. The maximum absolute atomic E-state index is 12.4. The first-order chi connectivity index (χ1) is 35.0. The molecule has 0 aliphatic carbocycles. The van der Waals surface area contributed by atoms with Gasteiger partial charge < -0.3 is 20.3 Å². The normalized spacial score (nSPS) is 12.7. The number of esters is 1. The Morgan fingerprint density at radius 3 is 1.04 bits per heavy atom. The van der Waals surface area contributed by atoms with Gasteiger partial charge in [-0.05, 0) is 51.4 Å². The molecule has 0 spiro atoms. The van der Waals surface area contributed by atoms with E-state index in [1.807, 2.05) is 6.08 Å². The van der Waals surface area contributed by atoms with E-state index < -0.39 is 12.1 Å². The zero-order valence-corrected chi connectivity index (χ0v) is 48.0. The van der Waals surface area contributed by atoms with E-state index in [0.29, 0.717) is 19.4 Å². The highest BCUT2D eigenvalue weighted by atomic mass is 16.5. The van der Waals surface area contributed by atoms with Crippen LogP contribution in [0.5, 0.6) is 0 Å². The minimum atomic E-state index is -0.839. The van der Waals surface area contributed by atoms with Gasteiger partial charge in [-0.3, -0.25) is 9.59 Å². The third-order valence-electron chi connectivity index (χ3n) is 15.0. The number of carbonyl (C=O) groups is 2. The summed E-state index contributed by atoms with van der Waals surface area (Å²) in [5.74, 6) is -0.0536. The molecule has 0 heterocycles. The lowest BCUT2D eigenvalue weighted by atomic mass is 10.0. The van der Waals surface area contributed by atoms with Crippen LogP contribution in [-0.4, -0.2) is 47.4 Å². The van der Waals surface area contributed by atoms with Crippen molar-refractivity contribution in [3.63, 3.8) is 0 Å². The molecule has 0 fully saturated rings. The molecule has 6 heteroatoms. The highest BCUT2D eigenvalue weighted by molar-refractivity contribution is 5.76. The van der Waals surface area contributed by atoms with Gasteiger partial charge in [-0.15, -0.1) is 0 Å². The minimum absolute atomic E-state index is 0.00988. The molecule has 0 aromatic carbocycles. The van der Waals surface area contributed by atoms with Gasteiger partial charge in [-0.1, -0.05) is 314 Å². The van der Waals surface area contributed by atoms with Crippen LogP contribution in [0.2, 0.25) is 0 Å². The fraction of sp³-hybridized carbons (Fsp3) is 0.908. The van der Waals surface area contributed by atoms with E-state index in [-0.39, 0.29) is 18.5 Å². The fourth-order valence-corrected chi connectivity index (χ4v) is 10.0. The van der Waals surface area contributed by atoms with E-state index in [2.05, 4.69) is 31.3 Å². The van der Waals surface area contributed by atoms with Gasteiger partial charge in [0.1, 0.15) is 0 Å². The third kappa shape index (κ3) is 57.5. The van der Waals surface area contributed by atoms with Crippen molar-refractivity contribution in [1.82, 2.24) is 5.32 Å². The Kier molecular flexibility index (Phi) is 59.5. The van der Waals surface area contributed by atoms with Crippen molar-refractivity contribution in [2.24, 2.45) is 0 Å². The molecule has 6 nitrogen and oxygen atoms in total. The number of aliphatic hydroxyl groups excluding tert-OH is 2. The summed E-state index contributed by atoms with van der Waals surface area (Å²) in [4.78, 5) is 24.4. The molecule has 0 aliphatic heterocycles. The first-order valence-electron chi connectivity index (χ1n) is 32.1. The number of allylic oxidation sites excluding steroid dienone is 3. The van der Waals surface area contributed by atoms with Gasteiger partial charge in [0.25, 0.3) is 0 Å². The van der Waals surface area contributed by atoms with Gasteiger partial charge in [0.15, 0.2) is 0 Å². The summed E-state index contributed by atoms with van der Waals surface area (Å²) < 4.78 is 5.46. The zero-order valence-electron chi connectivity index (χ0n) is 48.0. The Morgan fingerprint density at radius 1 is 0.380 bits per heavy atom. The fourth-order valence-electron chi connectivity index (χ4n) is 10.0. The van der Waals surface area contributed by atoms with Crippen molar-refractivity contribution < 1.29 is 24.5 Å². The van der Waals surface area contributed by atoms with Crippen LogP contribution < -0.4 is 5.32 Å². The molecule has 0 aromatic rings. The first kappa shape index (κ1) is 69.3. The number of ether oxygens (including phenoxy) is 1. The number of carbonyl (C=O) groups excluding carboxylic acids is 2. The lowest BCUT2D eigenvalue weighted by Gasteiger charge is -2.20. The Hall–Kier alpha value is -1.66. The highest BCUT2D eigenvalue weighted by Gasteiger charge is 2.18. The molecule has 0 saturated heterocycles. The van der Waals surface area contributed by atoms with Crippen LogP contribution >= 0.6 is 0 Å². The van der Waals surface area contributed by atoms with E-state index in [0.717, 1.165) is 44.9 Å². The van der Waals surface area contributed by atoms with Crippen molar-refractivity contribution in [3.8, 4) is 0 Å². The predicted octanol–water partition coefficient (Wildman–Crippen LogP) is 20.2. The SMILES string of the molecule is CCCC/C=C\CCCCCCCC(=O)OCCCCCCCCCCCCCCCCCCCCCCCCCCCCCCCCCCC(=O)NC(CO)C(O)/C=C/CCCCCCCCCCC. The van der Waals surface area contributed by atoms with E-state index in [1.54, 1.807) is 6.08 Å². The highest BCUT2D eigenvalue weighted by Crippen LogP contribution is 2.18. The minimum Gasteiger partial charge on any atom is -0.466 e. The Bertz CT molecular complexity index is 1110. The molecule has 420 valence electrons. The number of amides is 1. The van der Waals surface area contributed by atoms with E-state index in [9.17, 15) is 19.8 Å². The van der Waals surface area contributed by atoms with Crippen LogP contribution in [0.25, 0.3) is 0 Å². The van der Waals surface area contributed by atoms with Crippen LogP contribution in [0.4, 0.5) is 0 Å². The summed E-state index contributed by atoms with van der Waals surface area (Å²) in [5.41, 5.74) is 0. The summed E-state index contributed by atoms with van der Waals surface area (Å²) in [6.07, 6.45) is 75.4. The molecule has 0 rings (SSSR count). The summed E-state index contributed by atoms with van der Waals surface area (Å²) in [6, 6.07) is -0.622. The van der Waals surface area contributed by atoms with Crippen LogP contribution in [0.3, 0.4) is 0 Å². The van der Waals surface area contributed by atoms with E-state index in [4.69, 9.17) is 4.74 Å². The summed E-state index contributed by atoms with van der Waals surface area (Å²) >= 11 is 0. The molecule has 3 N–H and O–H groups in total. The second kappa shape index (κ2) is 60.9. The van der Waals surface area contributed by atoms with Gasteiger partial charge >= 0.3 is 5.97 Å². The van der Waals surface area contributed by atoms with Crippen molar-refractivity contribution in [2.75, 3.05) is 13.2 Å². The first-order valence-corrected chi connectivity index (χ1v) is 32.1. The smallest absolute Gasteiger partial charge is 0.305 e. The van der Waals surface area contributed by atoms with E-state index in [1.165, 1.54) is 283 Å². The molecule has 0 bridgehead atoms. The number of hydrogen-bond acceptors (Lipinski definition) is 5. The van der Waals surface area contributed by atoms with Crippen LogP contribution in [0.15, 0.2) is 24.3 Å². The van der Waals surface area contributed by atoms with Gasteiger partial charge in [-0.25, -0.2) is 0 Å². The molecule has 2 atom stereocenters. The average Bonchev–Trinajstić information content (AvgIpc) is 3.37. The van der Waals surface area contributed by atoms with Gasteiger partial charge in [0, 0.05) is 12.8 Å². The maximum Gasteiger partial charge on any atom is 0.305 e. The van der Waals surface area contributed by atoms with Gasteiger partial charge in [0.05, 0.1) is 25.4 Å². The summed E-state index contributed by atoms with van der Waals surface area (Å²) in [5, 5.41) is 23.0. The maximum atomic E-state index is 12.4. The molecule has 0 aliphatic rings. The van der Waals surface area contributed by atoms with Crippen molar-refractivity contribution in [1.29, 1.82) is 0 Å². The van der Waals surface area contributed by atoms with Gasteiger partial charge in [0.2, 0.25) is 5.91 Å². The number of rotatable bonds is 60. The monoisotopic (exact) mass is 1000 g/mol. The summed E-state index contributed by atoms with van der Waals surface area (Å²) in [6.45, 7) is 4.87. The molecule has 1 amide bonds. The predicted molar refractivity (Wildman–Crippen MR) is 310 cm³/mol. The van der Waals surface area contributed by atoms with Crippen LogP contribution in [0.1, 0.15) is 354 Å². The second-order valence-electron chi connectivity index (χ2n) is 22.1. The molecule has 0 aromatic heterocycles. The summed E-state index contributed by atoms with van der Waals surface area (Å²) in [7, 11) is 0. The molecular formula is C65H125NO5. The number of aliphatic hydroxyl groups is 2. The Balaban J connectivity index is 3.31. The van der Waals surface area contributed by atoms with Crippen LogP contribution in [0, 0.1) is 0 Å². The quantitative estimate of drug-likeness (QED) is 0.0320. The second-order valence-corrected chi connectivity index (χ2v) is 22.1. The lowest BCUT2D eigenvalue weighted by molar-refractivity contribution is -0.143. The molecule has 2 unspecified atom stereocenters.